The second kappa shape index (κ2) is 7.05. The summed E-state index contributed by atoms with van der Waals surface area (Å²) in [5, 5.41) is 3.75. The first-order valence-corrected chi connectivity index (χ1v) is 8.56. The quantitative estimate of drug-likeness (QED) is 0.633. The van der Waals surface area contributed by atoms with Crippen molar-refractivity contribution in [1.82, 2.24) is 15.3 Å². The number of hydrogen-bond acceptors (Lipinski definition) is 2. The van der Waals surface area contributed by atoms with Crippen LogP contribution in [-0.2, 0) is 0 Å². The molecule has 0 saturated carbocycles. The van der Waals surface area contributed by atoms with E-state index in [4.69, 9.17) is 0 Å². The van der Waals surface area contributed by atoms with Gasteiger partial charge in [-0.25, -0.2) is 4.79 Å². The number of benzene rings is 2. The molecule has 3 rings (SSSR count). The van der Waals surface area contributed by atoms with Crippen molar-refractivity contribution in [3.8, 4) is 0 Å². The fraction of sp³-hybridized carbons (Fsp3) is 0.350. The Kier molecular flexibility index (Phi) is 4.86. The third kappa shape index (κ3) is 3.77. The van der Waals surface area contributed by atoms with E-state index in [-0.39, 0.29) is 11.7 Å². The molecule has 3 aromatic rings. The summed E-state index contributed by atoms with van der Waals surface area (Å²) in [5.74, 6) is 0.610. The highest BCUT2D eigenvalue weighted by molar-refractivity contribution is 5.75. The summed E-state index contributed by atoms with van der Waals surface area (Å²) < 4.78 is 0. The van der Waals surface area contributed by atoms with Gasteiger partial charge in [0.05, 0.1) is 11.0 Å². The summed E-state index contributed by atoms with van der Waals surface area (Å²) in [5.41, 5.74) is 4.02. The van der Waals surface area contributed by atoms with Crippen molar-refractivity contribution in [1.29, 1.82) is 0 Å². The molecule has 0 aliphatic heterocycles. The van der Waals surface area contributed by atoms with Gasteiger partial charge in [-0.3, -0.25) is 0 Å². The second-order valence-electron chi connectivity index (χ2n) is 6.87. The minimum Gasteiger partial charge on any atom is -0.306 e. The molecule has 3 N–H and O–H groups in total. The van der Waals surface area contributed by atoms with E-state index in [0.29, 0.717) is 12.0 Å². The van der Waals surface area contributed by atoms with Gasteiger partial charge in [0.2, 0.25) is 0 Å². The Bertz CT molecular complexity index is 848. The Morgan fingerprint density at radius 2 is 1.62 bits per heavy atom. The number of hydrogen-bond donors (Lipinski definition) is 3. The molecule has 1 heterocycles. The lowest BCUT2D eigenvalue weighted by Crippen LogP contribution is -2.26. The molecule has 4 nitrogen and oxygen atoms in total. The summed E-state index contributed by atoms with van der Waals surface area (Å²) >= 11 is 0. The van der Waals surface area contributed by atoms with E-state index < -0.39 is 0 Å². The zero-order chi connectivity index (χ0) is 17.1. The summed E-state index contributed by atoms with van der Waals surface area (Å²) in [6.45, 7) is 6.67. The molecule has 1 aromatic heterocycles. The van der Waals surface area contributed by atoms with Gasteiger partial charge < -0.3 is 15.3 Å². The number of H-pyrrole nitrogens is 2. The van der Waals surface area contributed by atoms with E-state index in [1.165, 1.54) is 11.1 Å². The Morgan fingerprint density at radius 1 is 0.917 bits per heavy atom. The largest absolute Gasteiger partial charge is 0.323 e. The maximum Gasteiger partial charge on any atom is 0.323 e. The molecule has 2 aromatic carbocycles. The molecule has 2 atom stereocenters. The van der Waals surface area contributed by atoms with Crippen LogP contribution in [0.25, 0.3) is 11.0 Å². The van der Waals surface area contributed by atoms with Crippen LogP contribution in [0.1, 0.15) is 50.4 Å². The summed E-state index contributed by atoms with van der Waals surface area (Å²) in [6.07, 6.45) is 1.08. The fourth-order valence-electron chi connectivity index (χ4n) is 3.17. The van der Waals surface area contributed by atoms with E-state index >= 15 is 0 Å². The molecule has 0 spiro atoms. The van der Waals surface area contributed by atoms with Crippen LogP contribution in [-0.4, -0.2) is 9.97 Å². The maximum atomic E-state index is 11.4. The normalized spacial score (nSPS) is 14.2. The van der Waals surface area contributed by atoms with Crippen molar-refractivity contribution in [2.75, 3.05) is 0 Å². The van der Waals surface area contributed by atoms with Crippen LogP contribution in [0.2, 0.25) is 0 Å². The molecule has 0 bridgehead atoms. The molecule has 0 amide bonds. The first-order valence-electron chi connectivity index (χ1n) is 8.56. The Balaban J connectivity index is 1.83. The van der Waals surface area contributed by atoms with Gasteiger partial charge in [0, 0.05) is 12.1 Å². The van der Waals surface area contributed by atoms with E-state index in [9.17, 15) is 4.79 Å². The Morgan fingerprint density at radius 3 is 2.33 bits per heavy atom. The fourth-order valence-corrected chi connectivity index (χ4v) is 3.17. The van der Waals surface area contributed by atoms with E-state index in [1.54, 1.807) is 0 Å². The highest BCUT2D eigenvalue weighted by Crippen LogP contribution is 2.26. The zero-order valence-corrected chi connectivity index (χ0v) is 14.5. The monoisotopic (exact) mass is 323 g/mol. The number of fused-ring (bicyclic) bond motifs is 1. The molecule has 4 heteroatoms. The van der Waals surface area contributed by atoms with Gasteiger partial charge in [-0.2, -0.15) is 0 Å². The van der Waals surface area contributed by atoms with Crippen LogP contribution < -0.4 is 11.0 Å². The highest BCUT2D eigenvalue weighted by Gasteiger charge is 2.17. The van der Waals surface area contributed by atoms with E-state index in [2.05, 4.69) is 72.5 Å². The van der Waals surface area contributed by atoms with E-state index in [1.807, 2.05) is 12.1 Å². The topological polar surface area (TPSA) is 60.7 Å². The maximum absolute atomic E-state index is 11.4. The van der Waals surface area contributed by atoms with Gasteiger partial charge >= 0.3 is 5.69 Å². The molecular weight excluding hydrogens is 298 g/mol. The smallest absolute Gasteiger partial charge is 0.306 e. The first kappa shape index (κ1) is 16.5. The van der Waals surface area contributed by atoms with Crippen LogP contribution in [0.3, 0.4) is 0 Å². The van der Waals surface area contributed by atoms with Gasteiger partial charge in [0.25, 0.3) is 0 Å². The van der Waals surface area contributed by atoms with Crippen molar-refractivity contribution >= 4 is 11.0 Å². The zero-order valence-electron chi connectivity index (χ0n) is 14.5. The third-order valence-corrected chi connectivity index (χ3v) is 4.40. The molecular formula is C20H25N3O. The lowest BCUT2D eigenvalue weighted by Gasteiger charge is -2.25. The molecule has 0 saturated heterocycles. The summed E-state index contributed by atoms with van der Waals surface area (Å²) in [7, 11) is 0. The molecule has 24 heavy (non-hydrogen) atoms. The van der Waals surface area contributed by atoms with Crippen LogP contribution in [0.15, 0.2) is 53.3 Å². The molecule has 0 aliphatic carbocycles. The van der Waals surface area contributed by atoms with Crippen LogP contribution >= 0.6 is 0 Å². The second-order valence-corrected chi connectivity index (χ2v) is 6.87. The van der Waals surface area contributed by atoms with Crippen molar-refractivity contribution in [3.63, 3.8) is 0 Å². The lowest BCUT2D eigenvalue weighted by molar-refractivity contribution is 0.394. The molecule has 0 aliphatic rings. The summed E-state index contributed by atoms with van der Waals surface area (Å²) in [6, 6.07) is 17.2. The number of nitrogens with one attached hydrogen (secondary N) is 3. The van der Waals surface area contributed by atoms with Crippen LogP contribution in [0, 0.1) is 5.92 Å². The van der Waals surface area contributed by atoms with Crippen molar-refractivity contribution in [3.05, 3.63) is 70.1 Å². The predicted molar refractivity (Wildman–Crippen MR) is 99.1 cm³/mol. The van der Waals surface area contributed by atoms with Gasteiger partial charge in [0.15, 0.2) is 0 Å². The Labute approximate surface area is 142 Å². The minimum absolute atomic E-state index is 0.162. The minimum atomic E-state index is -0.162. The SMILES string of the molecule is CC(C)C[C@@H](N[C@@H](C)c1ccc2[nH]c(=O)[nH]c2c1)c1ccccc1. The van der Waals surface area contributed by atoms with Gasteiger partial charge in [-0.15, -0.1) is 0 Å². The molecule has 0 unspecified atom stereocenters. The lowest BCUT2D eigenvalue weighted by atomic mass is 9.95. The van der Waals surface area contributed by atoms with Gasteiger partial charge in [-0.1, -0.05) is 50.2 Å². The van der Waals surface area contributed by atoms with Gasteiger partial charge in [-0.05, 0) is 42.5 Å². The average molecular weight is 323 g/mol. The highest BCUT2D eigenvalue weighted by atomic mass is 16.1. The van der Waals surface area contributed by atoms with Crippen molar-refractivity contribution < 1.29 is 0 Å². The average Bonchev–Trinajstić information content (AvgIpc) is 2.93. The van der Waals surface area contributed by atoms with Crippen molar-refractivity contribution in [2.45, 2.75) is 39.3 Å². The van der Waals surface area contributed by atoms with E-state index in [0.717, 1.165) is 17.5 Å². The van der Waals surface area contributed by atoms with Crippen LogP contribution in [0.5, 0.6) is 0 Å². The Hall–Kier alpha value is -2.33. The van der Waals surface area contributed by atoms with Gasteiger partial charge in [0.1, 0.15) is 0 Å². The molecule has 0 radical (unpaired) electrons. The molecule has 0 fully saturated rings. The predicted octanol–water partition coefficient (Wildman–Crippen LogP) is 4.29. The number of imidazole rings is 1. The number of rotatable bonds is 6. The number of aromatic amines is 2. The summed E-state index contributed by atoms with van der Waals surface area (Å²) in [4.78, 5) is 17.0. The number of aromatic nitrogens is 2. The van der Waals surface area contributed by atoms with Crippen molar-refractivity contribution in [2.24, 2.45) is 5.92 Å². The van der Waals surface area contributed by atoms with Crippen LogP contribution in [0.4, 0.5) is 0 Å². The standard InChI is InChI=1S/C20H25N3O/c1-13(2)11-18(15-7-5-4-6-8-15)21-14(3)16-9-10-17-19(12-16)23-20(24)22-17/h4-10,12-14,18,21H,11H2,1-3H3,(H2,22,23,24)/t14-,18+/m0/s1. The molecule has 126 valence electrons. The third-order valence-electron chi connectivity index (χ3n) is 4.40. The first-order chi connectivity index (χ1) is 11.5.